The SMILES string of the molecule is Cc1ccccc1-c1nnc(-c2ccc(C(=O)Nc3cc(C(N)=O)cc(F)c3C)cc2)o1. The van der Waals surface area contributed by atoms with Crippen LogP contribution in [-0.2, 0) is 0 Å². The first-order valence-electron chi connectivity index (χ1n) is 9.74. The van der Waals surface area contributed by atoms with Crippen LogP contribution in [0.15, 0.2) is 65.1 Å². The molecule has 3 N–H and O–H groups in total. The van der Waals surface area contributed by atoms with Crippen LogP contribution in [0, 0.1) is 19.7 Å². The third-order valence-corrected chi connectivity index (χ3v) is 5.07. The van der Waals surface area contributed by atoms with E-state index in [-0.39, 0.29) is 16.8 Å². The molecule has 1 aromatic heterocycles. The van der Waals surface area contributed by atoms with E-state index in [4.69, 9.17) is 10.2 Å². The first-order chi connectivity index (χ1) is 15.3. The number of aromatic nitrogens is 2. The molecule has 0 aliphatic heterocycles. The van der Waals surface area contributed by atoms with Crippen LogP contribution in [0.4, 0.5) is 10.1 Å². The number of nitrogens with zero attached hydrogens (tertiary/aromatic N) is 2. The molecular formula is C24H19FN4O3. The smallest absolute Gasteiger partial charge is 0.255 e. The highest BCUT2D eigenvalue weighted by Gasteiger charge is 2.15. The van der Waals surface area contributed by atoms with Crippen LogP contribution < -0.4 is 11.1 Å². The number of carbonyl (C=O) groups excluding carboxylic acids is 2. The van der Waals surface area contributed by atoms with Crippen LogP contribution in [0.3, 0.4) is 0 Å². The fourth-order valence-corrected chi connectivity index (χ4v) is 3.17. The van der Waals surface area contributed by atoms with E-state index in [0.29, 0.717) is 22.9 Å². The number of rotatable bonds is 5. The zero-order valence-electron chi connectivity index (χ0n) is 17.3. The van der Waals surface area contributed by atoms with Crippen molar-refractivity contribution < 1.29 is 18.4 Å². The Bertz CT molecular complexity index is 1330. The van der Waals surface area contributed by atoms with Crippen molar-refractivity contribution in [2.75, 3.05) is 5.32 Å². The van der Waals surface area contributed by atoms with E-state index in [1.165, 1.54) is 13.0 Å². The number of nitrogens with two attached hydrogens (primary N) is 1. The molecule has 160 valence electrons. The van der Waals surface area contributed by atoms with Crippen molar-refractivity contribution in [1.29, 1.82) is 0 Å². The van der Waals surface area contributed by atoms with E-state index in [1.54, 1.807) is 24.3 Å². The maximum absolute atomic E-state index is 14.1. The normalized spacial score (nSPS) is 10.7. The van der Waals surface area contributed by atoms with Gasteiger partial charge in [-0.2, -0.15) is 0 Å². The molecule has 2 amide bonds. The molecule has 1 heterocycles. The molecule has 0 aliphatic carbocycles. The van der Waals surface area contributed by atoms with E-state index in [2.05, 4.69) is 15.5 Å². The first-order valence-corrected chi connectivity index (χ1v) is 9.74. The molecule has 0 spiro atoms. The quantitative estimate of drug-likeness (QED) is 0.484. The summed E-state index contributed by atoms with van der Waals surface area (Å²) in [4.78, 5) is 24.0. The third kappa shape index (κ3) is 4.11. The van der Waals surface area contributed by atoms with Crippen LogP contribution >= 0.6 is 0 Å². The molecule has 0 atom stereocenters. The molecule has 7 nitrogen and oxygen atoms in total. The average molecular weight is 430 g/mol. The van der Waals surface area contributed by atoms with E-state index in [1.807, 2.05) is 31.2 Å². The summed E-state index contributed by atoms with van der Waals surface area (Å²) in [5.41, 5.74) is 8.41. The molecule has 0 aliphatic rings. The van der Waals surface area contributed by atoms with Gasteiger partial charge in [0, 0.05) is 33.5 Å². The number of aryl methyl sites for hydroxylation is 1. The van der Waals surface area contributed by atoms with Crippen molar-refractivity contribution in [3.63, 3.8) is 0 Å². The van der Waals surface area contributed by atoms with E-state index < -0.39 is 17.6 Å². The number of halogens is 1. The summed E-state index contributed by atoms with van der Waals surface area (Å²) in [6.07, 6.45) is 0. The summed E-state index contributed by atoms with van der Waals surface area (Å²) in [7, 11) is 0. The molecule has 3 aromatic carbocycles. The van der Waals surface area contributed by atoms with Gasteiger partial charge in [0.15, 0.2) is 0 Å². The Morgan fingerprint density at radius 1 is 0.938 bits per heavy atom. The molecule has 0 saturated heterocycles. The van der Waals surface area contributed by atoms with E-state index in [0.717, 1.165) is 17.2 Å². The fourth-order valence-electron chi connectivity index (χ4n) is 3.17. The number of anilines is 1. The maximum Gasteiger partial charge on any atom is 0.255 e. The van der Waals surface area contributed by atoms with Gasteiger partial charge in [0.1, 0.15) is 5.82 Å². The van der Waals surface area contributed by atoms with Gasteiger partial charge < -0.3 is 15.5 Å². The number of benzene rings is 3. The molecular weight excluding hydrogens is 411 g/mol. The lowest BCUT2D eigenvalue weighted by Crippen LogP contribution is -2.16. The van der Waals surface area contributed by atoms with Crippen molar-refractivity contribution in [3.8, 4) is 22.9 Å². The predicted octanol–water partition coefficient (Wildman–Crippen LogP) is 4.51. The molecule has 4 rings (SSSR count). The zero-order chi connectivity index (χ0) is 22.8. The summed E-state index contributed by atoms with van der Waals surface area (Å²) in [5.74, 6) is -1.15. The van der Waals surface area contributed by atoms with Crippen LogP contribution in [-0.4, -0.2) is 22.0 Å². The van der Waals surface area contributed by atoms with Gasteiger partial charge in [0.25, 0.3) is 5.91 Å². The molecule has 8 heteroatoms. The lowest BCUT2D eigenvalue weighted by Gasteiger charge is -2.11. The monoisotopic (exact) mass is 430 g/mol. The Hall–Kier alpha value is -4.33. The van der Waals surface area contributed by atoms with Gasteiger partial charge in [-0.3, -0.25) is 9.59 Å². The molecule has 0 bridgehead atoms. The van der Waals surface area contributed by atoms with Gasteiger partial charge in [0.2, 0.25) is 17.7 Å². The lowest BCUT2D eigenvalue weighted by molar-refractivity contribution is 0.0995. The highest BCUT2D eigenvalue weighted by atomic mass is 19.1. The largest absolute Gasteiger partial charge is 0.416 e. The van der Waals surface area contributed by atoms with Gasteiger partial charge in [0.05, 0.1) is 0 Å². The molecule has 0 radical (unpaired) electrons. The second kappa shape index (κ2) is 8.43. The fraction of sp³-hybridized carbons (Fsp3) is 0.0833. The highest BCUT2D eigenvalue weighted by molar-refractivity contribution is 6.05. The van der Waals surface area contributed by atoms with Gasteiger partial charge in [-0.05, 0) is 61.9 Å². The van der Waals surface area contributed by atoms with E-state index >= 15 is 0 Å². The second-order valence-corrected chi connectivity index (χ2v) is 7.25. The van der Waals surface area contributed by atoms with Gasteiger partial charge in [-0.25, -0.2) is 4.39 Å². The Morgan fingerprint density at radius 2 is 1.62 bits per heavy atom. The minimum atomic E-state index is -0.784. The summed E-state index contributed by atoms with van der Waals surface area (Å²) < 4.78 is 19.8. The first kappa shape index (κ1) is 20.9. The molecule has 0 unspecified atom stereocenters. The number of primary amides is 1. The highest BCUT2D eigenvalue weighted by Crippen LogP contribution is 2.26. The summed E-state index contributed by atoms with van der Waals surface area (Å²) in [6.45, 7) is 3.46. The van der Waals surface area contributed by atoms with Crippen molar-refractivity contribution >= 4 is 17.5 Å². The third-order valence-electron chi connectivity index (χ3n) is 5.07. The Kier molecular flexibility index (Phi) is 5.51. The number of hydrogen-bond acceptors (Lipinski definition) is 5. The predicted molar refractivity (Wildman–Crippen MR) is 118 cm³/mol. The van der Waals surface area contributed by atoms with Crippen LogP contribution in [0.1, 0.15) is 31.8 Å². The Balaban J connectivity index is 1.54. The molecule has 32 heavy (non-hydrogen) atoms. The maximum atomic E-state index is 14.1. The number of hydrogen-bond donors (Lipinski definition) is 2. The average Bonchev–Trinajstić information content (AvgIpc) is 3.27. The van der Waals surface area contributed by atoms with Crippen molar-refractivity contribution in [2.45, 2.75) is 13.8 Å². The summed E-state index contributed by atoms with van der Waals surface area (Å²) in [6, 6.07) is 16.6. The minimum absolute atomic E-state index is 0.0281. The van der Waals surface area contributed by atoms with Gasteiger partial charge >= 0.3 is 0 Å². The van der Waals surface area contributed by atoms with Crippen LogP contribution in [0.25, 0.3) is 22.9 Å². The van der Waals surface area contributed by atoms with Crippen molar-refractivity contribution in [2.24, 2.45) is 5.73 Å². The Labute approximate surface area is 183 Å². The number of nitrogens with one attached hydrogen (secondary N) is 1. The van der Waals surface area contributed by atoms with Crippen molar-refractivity contribution in [3.05, 3.63) is 88.7 Å². The van der Waals surface area contributed by atoms with Crippen LogP contribution in [0.2, 0.25) is 0 Å². The molecule has 0 saturated carbocycles. The van der Waals surface area contributed by atoms with Crippen LogP contribution in [0.5, 0.6) is 0 Å². The standard InChI is InChI=1S/C24H19FN4O3/c1-13-5-3-4-6-18(13)24-29-28-23(32-24)16-9-7-15(8-10-16)22(31)27-20-12-17(21(26)30)11-19(25)14(20)2/h3-12H,1-2H3,(H2,26,30)(H,27,31). The second-order valence-electron chi connectivity index (χ2n) is 7.25. The van der Waals surface area contributed by atoms with E-state index in [9.17, 15) is 14.0 Å². The number of amides is 2. The minimum Gasteiger partial charge on any atom is -0.416 e. The summed E-state index contributed by atoms with van der Waals surface area (Å²) >= 11 is 0. The topological polar surface area (TPSA) is 111 Å². The van der Waals surface area contributed by atoms with Gasteiger partial charge in [-0.15, -0.1) is 10.2 Å². The zero-order valence-corrected chi connectivity index (χ0v) is 17.3. The Morgan fingerprint density at radius 3 is 2.31 bits per heavy atom. The molecule has 0 fully saturated rings. The lowest BCUT2D eigenvalue weighted by atomic mass is 10.1. The van der Waals surface area contributed by atoms with Gasteiger partial charge in [-0.1, -0.05) is 18.2 Å². The molecule has 4 aromatic rings. The summed E-state index contributed by atoms with van der Waals surface area (Å²) in [5, 5.41) is 10.8. The number of carbonyl (C=O) groups is 2. The van der Waals surface area contributed by atoms with Crippen molar-refractivity contribution in [1.82, 2.24) is 10.2 Å².